The molecule has 0 aliphatic heterocycles. The van der Waals surface area contributed by atoms with Crippen LogP contribution in [0.15, 0.2) is 10.5 Å². The highest BCUT2D eigenvalue weighted by Crippen LogP contribution is 2.28. The lowest BCUT2D eigenvalue weighted by Crippen LogP contribution is -2.25. The second-order valence-corrected chi connectivity index (χ2v) is 8.55. The Labute approximate surface area is 165 Å². The third kappa shape index (κ3) is 3.66. The van der Waals surface area contributed by atoms with Crippen molar-refractivity contribution < 1.29 is 9.21 Å². The number of oxazole rings is 1. The van der Waals surface area contributed by atoms with Crippen LogP contribution in [0.5, 0.6) is 0 Å². The van der Waals surface area contributed by atoms with Gasteiger partial charge in [0.25, 0.3) is 5.91 Å². The molecule has 0 bridgehead atoms. The molecule has 0 aliphatic carbocycles. The van der Waals surface area contributed by atoms with Gasteiger partial charge in [0.1, 0.15) is 5.76 Å². The van der Waals surface area contributed by atoms with Crippen LogP contribution in [0.2, 0.25) is 0 Å². The second-order valence-electron chi connectivity index (χ2n) is 8.55. The summed E-state index contributed by atoms with van der Waals surface area (Å²) < 4.78 is 7.47. The fraction of sp³-hybridized carbons (Fsp3) is 0.524. The predicted molar refractivity (Wildman–Crippen MR) is 108 cm³/mol. The maximum atomic E-state index is 13.1. The van der Waals surface area contributed by atoms with E-state index in [0.29, 0.717) is 11.5 Å². The summed E-state index contributed by atoms with van der Waals surface area (Å²) in [6, 6.07) is 1.87. The largest absolute Gasteiger partial charge is 0.444 e. The lowest BCUT2D eigenvalue weighted by molar-refractivity contribution is 0.0948. The topological polar surface area (TPSA) is 85.8 Å². The third-order valence-corrected chi connectivity index (χ3v) is 4.78. The number of nitrogens with one attached hydrogen (secondary N) is 1. The third-order valence-electron chi connectivity index (χ3n) is 4.78. The minimum absolute atomic E-state index is 0.181. The van der Waals surface area contributed by atoms with Gasteiger partial charge < -0.3 is 9.73 Å². The Balaban J connectivity index is 2.05. The summed E-state index contributed by atoms with van der Waals surface area (Å²) in [5, 5.41) is 8.40. The van der Waals surface area contributed by atoms with Gasteiger partial charge >= 0.3 is 0 Å². The lowest BCUT2D eigenvalue weighted by Gasteiger charge is -2.20. The van der Waals surface area contributed by atoms with Crippen LogP contribution >= 0.6 is 0 Å². The molecule has 0 spiro atoms. The smallest absolute Gasteiger partial charge is 0.252 e. The van der Waals surface area contributed by atoms with Gasteiger partial charge in [0.05, 0.1) is 34.4 Å². The van der Waals surface area contributed by atoms with Crippen molar-refractivity contribution in [1.29, 1.82) is 0 Å². The van der Waals surface area contributed by atoms with Gasteiger partial charge in [-0.3, -0.25) is 4.79 Å². The van der Waals surface area contributed by atoms with Gasteiger partial charge in [-0.15, -0.1) is 0 Å². The quantitative estimate of drug-likeness (QED) is 0.731. The zero-order chi connectivity index (χ0) is 20.8. The molecule has 150 valence electrons. The minimum Gasteiger partial charge on any atom is -0.444 e. The number of aryl methyl sites for hydroxylation is 3. The summed E-state index contributed by atoms with van der Waals surface area (Å²) in [7, 11) is 0. The van der Waals surface area contributed by atoms with Crippen LogP contribution in [-0.2, 0) is 12.1 Å². The zero-order valence-electron chi connectivity index (χ0n) is 18.0. The van der Waals surface area contributed by atoms with Crippen molar-refractivity contribution in [2.24, 2.45) is 0 Å². The Morgan fingerprint density at radius 1 is 1.18 bits per heavy atom. The first kappa shape index (κ1) is 20.0. The molecular formula is C21H29N5O2. The van der Waals surface area contributed by atoms with Crippen LogP contribution in [-0.4, -0.2) is 25.7 Å². The Hall–Kier alpha value is -2.70. The van der Waals surface area contributed by atoms with Gasteiger partial charge in [0, 0.05) is 5.69 Å². The molecule has 0 unspecified atom stereocenters. The average molecular weight is 383 g/mol. The van der Waals surface area contributed by atoms with Crippen molar-refractivity contribution in [2.75, 3.05) is 0 Å². The number of hydrogen-bond acceptors (Lipinski definition) is 5. The highest BCUT2D eigenvalue weighted by atomic mass is 16.4. The standard InChI is InChI=1S/C21H29N5O2/c1-11(2)16-9-15(20(27)22-10-17-23-12(3)14(5)28-17)18-13(4)25-26(19(18)24-16)21(6,7)8/h9,11H,10H2,1-8H3,(H,22,27). The molecule has 0 saturated heterocycles. The van der Waals surface area contributed by atoms with Crippen LogP contribution in [0.3, 0.4) is 0 Å². The van der Waals surface area contributed by atoms with E-state index in [0.717, 1.165) is 33.9 Å². The maximum absolute atomic E-state index is 13.1. The lowest BCUT2D eigenvalue weighted by atomic mass is 10.0. The molecule has 0 aromatic carbocycles. The van der Waals surface area contributed by atoms with Gasteiger partial charge in [0.15, 0.2) is 5.65 Å². The van der Waals surface area contributed by atoms with Crippen molar-refractivity contribution in [1.82, 2.24) is 25.1 Å². The Morgan fingerprint density at radius 2 is 1.86 bits per heavy atom. The molecular weight excluding hydrogens is 354 g/mol. The number of hydrogen-bond donors (Lipinski definition) is 1. The Bertz CT molecular complexity index is 1020. The number of pyridine rings is 1. The van der Waals surface area contributed by atoms with E-state index >= 15 is 0 Å². The molecule has 0 fully saturated rings. The molecule has 7 nitrogen and oxygen atoms in total. The highest BCUT2D eigenvalue weighted by molar-refractivity contribution is 6.06. The van der Waals surface area contributed by atoms with Gasteiger partial charge in [0.2, 0.25) is 5.89 Å². The van der Waals surface area contributed by atoms with Crippen LogP contribution in [0, 0.1) is 20.8 Å². The molecule has 3 aromatic rings. The molecule has 0 aliphatic rings. The fourth-order valence-electron chi connectivity index (χ4n) is 3.12. The number of rotatable bonds is 4. The van der Waals surface area contributed by atoms with Crippen LogP contribution in [0.25, 0.3) is 11.0 Å². The molecule has 0 radical (unpaired) electrons. The number of carbonyl (C=O) groups is 1. The molecule has 1 amide bonds. The number of amides is 1. The molecule has 3 rings (SSSR count). The van der Waals surface area contributed by atoms with Crippen molar-refractivity contribution in [3.63, 3.8) is 0 Å². The van der Waals surface area contributed by atoms with E-state index in [4.69, 9.17) is 9.40 Å². The summed E-state index contributed by atoms with van der Waals surface area (Å²) in [6.45, 7) is 16.3. The van der Waals surface area contributed by atoms with Crippen LogP contribution < -0.4 is 5.32 Å². The SMILES string of the molecule is Cc1nc(CNC(=O)c2cc(C(C)C)nc3c2c(C)nn3C(C)(C)C)oc1C. The van der Waals surface area contributed by atoms with E-state index in [1.54, 1.807) is 0 Å². The molecule has 28 heavy (non-hydrogen) atoms. The van der Waals surface area contributed by atoms with Gasteiger partial charge in [-0.1, -0.05) is 13.8 Å². The number of fused-ring (bicyclic) bond motifs is 1. The van der Waals surface area contributed by atoms with Crippen LogP contribution in [0.4, 0.5) is 0 Å². The van der Waals surface area contributed by atoms with Crippen molar-refractivity contribution in [3.8, 4) is 0 Å². The first-order valence-corrected chi connectivity index (χ1v) is 9.61. The molecule has 0 saturated carbocycles. The number of aromatic nitrogens is 4. The monoisotopic (exact) mass is 383 g/mol. The summed E-state index contributed by atoms with van der Waals surface area (Å²) in [5.41, 5.74) is 3.58. The summed E-state index contributed by atoms with van der Waals surface area (Å²) in [4.78, 5) is 22.2. The number of carbonyl (C=O) groups excluding carboxylic acids is 1. The summed E-state index contributed by atoms with van der Waals surface area (Å²) in [5.74, 6) is 1.27. The maximum Gasteiger partial charge on any atom is 0.252 e. The average Bonchev–Trinajstić information content (AvgIpc) is 3.11. The van der Waals surface area contributed by atoms with E-state index in [1.165, 1.54) is 0 Å². The Morgan fingerprint density at radius 3 is 2.39 bits per heavy atom. The first-order chi connectivity index (χ1) is 13.0. The zero-order valence-corrected chi connectivity index (χ0v) is 18.0. The Kier molecular flexibility index (Phi) is 5.04. The molecule has 3 heterocycles. The molecule has 7 heteroatoms. The summed E-state index contributed by atoms with van der Waals surface area (Å²) >= 11 is 0. The first-order valence-electron chi connectivity index (χ1n) is 9.61. The highest BCUT2D eigenvalue weighted by Gasteiger charge is 2.25. The molecule has 0 atom stereocenters. The van der Waals surface area contributed by atoms with E-state index in [-0.39, 0.29) is 23.9 Å². The van der Waals surface area contributed by atoms with E-state index in [9.17, 15) is 4.79 Å². The predicted octanol–water partition coefficient (Wildman–Crippen LogP) is 4.15. The fourth-order valence-corrected chi connectivity index (χ4v) is 3.12. The molecule has 3 aromatic heterocycles. The van der Waals surface area contributed by atoms with E-state index in [1.807, 2.05) is 31.5 Å². The van der Waals surface area contributed by atoms with E-state index in [2.05, 4.69) is 50.0 Å². The van der Waals surface area contributed by atoms with Gasteiger partial charge in [-0.05, 0) is 53.5 Å². The second kappa shape index (κ2) is 7.04. The number of nitrogens with zero attached hydrogens (tertiary/aromatic N) is 4. The van der Waals surface area contributed by atoms with Crippen LogP contribution in [0.1, 0.15) is 79.6 Å². The van der Waals surface area contributed by atoms with Crippen molar-refractivity contribution in [2.45, 2.75) is 73.4 Å². The van der Waals surface area contributed by atoms with Crippen molar-refractivity contribution in [3.05, 3.63) is 40.4 Å². The van der Waals surface area contributed by atoms with Gasteiger partial charge in [-0.2, -0.15) is 5.10 Å². The summed E-state index contributed by atoms with van der Waals surface area (Å²) in [6.07, 6.45) is 0. The van der Waals surface area contributed by atoms with Crippen molar-refractivity contribution >= 4 is 16.9 Å². The minimum atomic E-state index is -0.240. The van der Waals surface area contributed by atoms with E-state index < -0.39 is 0 Å². The normalized spacial score (nSPS) is 12.2. The van der Waals surface area contributed by atoms with Gasteiger partial charge in [-0.25, -0.2) is 14.6 Å². The molecule has 1 N–H and O–H groups in total.